The van der Waals surface area contributed by atoms with Gasteiger partial charge in [-0.15, -0.1) is 0 Å². The molecule has 1 aliphatic heterocycles. The van der Waals surface area contributed by atoms with Crippen LogP contribution in [0.25, 0.3) is 0 Å². The summed E-state index contributed by atoms with van der Waals surface area (Å²) in [6.07, 6.45) is 1.69. The number of amides is 1. The van der Waals surface area contributed by atoms with Crippen LogP contribution < -0.4 is 10.2 Å². The third kappa shape index (κ3) is 4.06. The van der Waals surface area contributed by atoms with Gasteiger partial charge in [0.1, 0.15) is 5.82 Å². The van der Waals surface area contributed by atoms with E-state index in [4.69, 9.17) is 0 Å². The van der Waals surface area contributed by atoms with E-state index in [0.717, 1.165) is 30.8 Å². The molecular weight excluding hydrogens is 351 g/mol. The summed E-state index contributed by atoms with van der Waals surface area (Å²) >= 11 is 0. The molecule has 3 aromatic rings. The average molecular weight is 374 g/mol. The molecule has 1 heterocycles. The summed E-state index contributed by atoms with van der Waals surface area (Å²) in [5.41, 5.74) is 5.11. The summed E-state index contributed by atoms with van der Waals surface area (Å²) in [6, 6.07) is 23.0. The second-order valence-corrected chi connectivity index (χ2v) is 7.10. The molecule has 3 aromatic carbocycles. The van der Waals surface area contributed by atoms with Gasteiger partial charge in [0.15, 0.2) is 0 Å². The quantitative estimate of drug-likeness (QED) is 0.661. The number of halogens is 1. The van der Waals surface area contributed by atoms with Gasteiger partial charge >= 0.3 is 0 Å². The smallest absolute Gasteiger partial charge is 0.224 e. The number of hydrogen-bond donors (Lipinski definition) is 1. The van der Waals surface area contributed by atoms with E-state index in [1.165, 1.54) is 17.3 Å². The van der Waals surface area contributed by atoms with Crippen LogP contribution in [0.5, 0.6) is 0 Å². The van der Waals surface area contributed by atoms with Crippen molar-refractivity contribution in [2.24, 2.45) is 0 Å². The van der Waals surface area contributed by atoms with Crippen LogP contribution in [0, 0.1) is 5.82 Å². The molecule has 4 heteroatoms. The highest BCUT2D eigenvalue weighted by Crippen LogP contribution is 2.30. The molecule has 142 valence electrons. The fraction of sp³-hybridized carbons (Fsp3) is 0.208. The Labute approximate surface area is 164 Å². The molecule has 3 nitrogen and oxygen atoms in total. The van der Waals surface area contributed by atoms with Crippen LogP contribution in [-0.2, 0) is 24.2 Å². The van der Waals surface area contributed by atoms with Crippen LogP contribution in [0.2, 0.25) is 0 Å². The first-order chi connectivity index (χ1) is 13.7. The van der Waals surface area contributed by atoms with Gasteiger partial charge in [-0.05, 0) is 47.7 Å². The highest BCUT2D eigenvalue weighted by Gasteiger charge is 2.19. The van der Waals surface area contributed by atoms with Crippen LogP contribution in [0.15, 0.2) is 72.8 Å². The molecular formula is C24H23FN2O. The minimum Gasteiger partial charge on any atom is -0.367 e. The molecule has 1 N–H and O–H groups in total. The summed E-state index contributed by atoms with van der Waals surface area (Å²) in [6.45, 7) is 1.73. The SMILES string of the molecule is O=C(CCc1ccccc1F)Nc1ccccc1CN1CCc2ccccc21. The molecule has 28 heavy (non-hydrogen) atoms. The molecule has 0 saturated heterocycles. The number of anilines is 2. The minimum absolute atomic E-state index is 0.0995. The molecule has 0 saturated carbocycles. The summed E-state index contributed by atoms with van der Waals surface area (Å²) in [5, 5.41) is 3.01. The number of carbonyl (C=O) groups excluding carboxylic acids is 1. The summed E-state index contributed by atoms with van der Waals surface area (Å²) in [4.78, 5) is 14.8. The molecule has 1 aliphatic rings. The van der Waals surface area contributed by atoms with Crippen LogP contribution >= 0.6 is 0 Å². The lowest BCUT2D eigenvalue weighted by Crippen LogP contribution is -2.21. The van der Waals surface area contributed by atoms with Crippen LogP contribution in [0.3, 0.4) is 0 Å². The maximum absolute atomic E-state index is 13.7. The third-order valence-electron chi connectivity index (χ3n) is 5.22. The summed E-state index contributed by atoms with van der Waals surface area (Å²) in [7, 11) is 0. The van der Waals surface area contributed by atoms with Crippen molar-refractivity contribution >= 4 is 17.3 Å². The second-order valence-electron chi connectivity index (χ2n) is 7.10. The minimum atomic E-state index is -0.261. The van der Waals surface area contributed by atoms with Gasteiger partial charge in [0.25, 0.3) is 0 Å². The summed E-state index contributed by atoms with van der Waals surface area (Å²) in [5.74, 6) is -0.360. The van der Waals surface area contributed by atoms with E-state index in [1.807, 2.05) is 24.3 Å². The number of carbonyl (C=O) groups is 1. The lowest BCUT2D eigenvalue weighted by Gasteiger charge is -2.21. The second kappa shape index (κ2) is 8.26. The number of nitrogens with one attached hydrogen (secondary N) is 1. The maximum Gasteiger partial charge on any atom is 0.224 e. The van der Waals surface area contributed by atoms with Crippen molar-refractivity contribution in [3.63, 3.8) is 0 Å². The Hall–Kier alpha value is -3.14. The van der Waals surface area contributed by atoms with E-state index >= 15 is 0 Å². The van der Waals surface area contributed by atoms with Crippen molar-refractivity contribution in [3.8, 4) is 0 Å². The van der Waals surface area contributed by atoms with Gasteiger partial charge in [0, 0.05) is 30.9 Å². The molecule has 0 spiro atoms. The predicted octanol–water partition coefficient (Wildman–Crippen LogP) is 4.96. The number of hydrogen-bond acceptors (Lipinski definition) is 2. The van der Waals surface area contributed by atoms with Crippen LogP contribution in [-0.4, -0.2) is 12.5 Å². The standard InChI is InChI=1S/C24H23FN2O/c25-21-10-4-1-7-18(21)13-14-24(28)26-22-11-5-2-9-20(22)17-27-16-15-19-8-3-6-12-23(19)27/h1-12H,13-17H2,(H,26,28). The first-order valence-electron chi connectivity index (χ1n) is 9.65. The van der Waals surface area contributed by atoms with E-state index in [1.54, 1.807) is 18.2 Å². The monoisotopic (exact) mass is 374 g/mol. The third-order valence-corrected chi connectivity index (χ3v) is 5.22. The van der Waals surface area contributed by atoms with Gasteiger partial charge < -0.3 is 10.2 Å². The molecule has 0 aromatic heterocycles. The van der Waals surface area contributed by atoms with Gasteiger partial charge in [-0.25, -0.2) is 4.39 Å². The lowest BCUT2D eigenvalue weighted by molar-refractivity contribution is -0.116. The van der Waals surface area contributed by atoms with E-state index in [2.05, 4.69) is 34.5 Å². The number of nitrogens with zero attached hydrogens (tertiary/aromatic N) is 1. The van der Waals surface area contributed by atoms with Gasteiger partial charge in [-0.3, -0.25) is 4.79 Å². The van der Waals surface area contributed by atoms with Crippen molar-refractivity contribution < 1.29 is 9.18 Å². The zero-order chi connectivity index (χ0) is 19.3. The van der Waals surface area contributed by atoms with Crippen molar-refractivity contribution in [1.29, 1.82) is 0 Å². The number of benzene rings is 3. The fourth-order valence-electron chi connectivity index (χ4n) is 3.72. The van der Waals surface area contributed by atoms with Gasteiger partial charge in [-0.2, -0.15) is 0 Å². The number of aryl methyl sites for hydroxylation is 1. The lowest BCUT2D eigenvalue weighted by atomic mass is 10.1. The van der Waals surface area contributed by atoms with E-state index in [0.29, 0.717) is 12.0 Å². The first-order valence-corrected chi connectivity index (χ1v) is 9.65. The van der Waals surface area contributed by atoms with Crippen molar-refractivity contribution in [2.45, 2.75) is 25.8 Å². The van der Waals surface area contributed by atoms with Gasteiger partial charge in [0.2, 0.25) is 5.91 Å². The predicted molar refractivity (Wildman–Crippen MR) is 111 cm³/mol. The molecule has 0 aliphatic carbocycles. The van der Waals surface area contributed by atoms with Crippen molar-refractivity contribution in [3.05, 3.63) is 95.3 Å². The molecule has 0 atom stereocenters. The molecule has 0 radical (unpaired) electrons. The molecule has 0 fully saturated rings. The zero-order valence-corrected chi connectivity index (χ0v) is 15.7. The molecule has 1 amide bonds. The van der Waals surface area contributed by atoms with Gasteiger partial charge in [-0.1, -0.05) is 54.6 Å². The Kier molecular flexibility index (Phi) is 5.38. The summed E-state index contributed by atoms with van der Waals surface area (Å²) < 4.78 is 13.7. The molecule has 4 rings (SSSR count). The Morgan fingerprint density at radius 1 is 0.929 bits per heavy atom. The van der Waals surface area contributed by atoms with E-state index in [-0.39, 0.29) is 18.1 Å². The Balaban J connectivity index is 1.42. The topological polar surface area (TPSA) is 32.3 Å². The highest BCUT2D eigenvalue weighted by atomic mass is 19.1. The van der Waals surface area contributed by atoms with E-state index < -0.39 is 0 Å². The number of para-hydroxylation sites is 2. The molecule has 0 bridgehead atoms. The zero-order valence-electron chi connectivity index (χ0n) is 15.7. The number of rotatable bonds is 6. The average Bonchev–Trinajstić information content (AvgIpc) is 3.12. The van der Waals surface area contributed by atoms with Crippen molar-refractivity contribution in [1.82, 2.24) is 0 Å². The Bertz CT molecular complexity index is 986. The highest BCUT2D eigenvalue weighted by molar-refractivity contribution is 5.91. The van der Waals surface area contributed by atoms with E-state index in [9.17, 15) is 9.18 Å². The fourth-order valence-corrected chi connectivity index (χ4v) is 3.72. The first kappa shape index (κ1) is 18.2. The van der Waals surface area contributed by atoms with Gasteiger partial charge in [0.05, 0.1) is 0 Å². The Morgan fingerprint density at radius 3 is 2.50 bits per heavy atom. The van der Waals surface area contributed by atoms with Crippen LogP contribution in [0.4, 0.5) is 15.8 Å². The molecule has 0 unspecified atom stereocenters. The van der Waals surface area contributed by atoms with Crippen molar-refractivity contribution in [2.75, 3.05) is 16.8 Å². The van der Waals surface area contributed by atoms with Crippen LogP contribution in [0.1, 0.15) is 23.1 Å². The normalized spacial score (nSPS) is 12.7. The maximum atomic E-state index is 13.7. The number of fused-ring (bicyclic) bond motifs is 1. The largest absolute Gasteiger partial charge is 0.367 e. The Morgan fingerprint density at radius 2 is 1.64 bits per heavy atom.